The average molecular weight is 225 g/mol. The second kappa shape index (κ2) is 14.5. The summed E-state index contributed by atoms with van der Waals surface area (Å²) >= 11 is 0. The van der Waals surface area contributed by atoms with E-state index in [0.717, 1.165) is 6.42 Å². The average Bonchev–Trinajstić information content (AvgIpc) is 2.31. The monoisotopic (exact) mass is 225 g/mol. The molecule has 0 N–H and O–H groups in total. The van der Waals surface area contributed by atoms with Crippen LogP contribution in [0, 0.1) is 7.11 Å². The van der Waals surface area contributed by atoms with Crippen molar-refractivity contribution in [1.82, 2.24) is 0 Å². The number of hydrogen-bond acceptors (Lipinski definition) is 1. The van der Waals surface area contributed by atoms with Gasteiger partial charge in [-0.2, -0.15) is 0 Å². The minimum absolute atomic E-state index is 1.13. The van der Waals surface area contributed by atoms with Gasteiger partial charge in [0.1, 0.15) is 7.11 Å². The Kier molecular flexibility index (Phi) is 14.1. The van der Waals surface area contributed by atoms with Gasteiger partial charge in [0, 0.05) is 0 Å². The van der Waals surface area contributed by atoms with Crippen molar-refractivity contribution in [3.05, 3.63) is 19.4 Å². The summed E-state index contributed by atoms with van der Waals surface area (Å²) in [5.74, 6) is 0. The maximum atomic E-state index is 4.60. The number of unbranched alkanes of at least 4 members (excludes halogenated alkanes) is 10. The maximum Gasteiger partial charge on any atom is 0.121 e. The molecule has 0 spiro atoms. The van der Waals surface area contributed by atoms with Crippen molar-refractivity contribution >= 4 is 0 Å². The SMILES string of the molecule is [CH2]OC=CCCCCCCCCCCCC. The van der Waals surface area contributed by atoms with Gasteiger partial charge in [0.05, 0.1) is 6.26 Å². The minimum atomic E-state index is 1.13. The van der Waals surface area contributed by atoms with Gasteiger partial charge in [-0.3, -0.25) is 0 Å². The maximum absolute atomic E-state index is 4.60. The molecule has 0 fully saturated rings. The van der Waals surface area contributed by atoms with E-state index in [4.69, 9.17) is 0 Å². The van der Waals surface area contributed by atoms with Crippen LogP contribution in [0.15, 0.2) is 12.3 Å². The van der Waals surface area contributed by atoms with Crippen LogP contribution in [0.1, 0.15) is 77.6 Å². The summed E-state index contributed by atoms with van der Waals surface area (Å²) in [6.45, 7) is 2.27. The normalized spacial score (nSPS) is 11.1. The molecular weight excluding hydrogens is 196 g/mol. The van der Waals surface area contributed by atoms with Crippen molar-refractivity contribution in [1.29, 1.82) is 0 Å². The molecule has 95 valence electrons. The topological polar surface area (TPSA) is 9.23 Å². The molecule has 0 aliphatic heterocycles. The van der Waals surface area contributed by atoms with Gasteiger partial charge in [-0.05, 0) is 18.9 Å². The van der Waals surface area contributed by atoms with Gasteiger partial charge in [0.25, 0.3) is 0 Å². The van der Waals surface area contributed by atoms with E-state index >= 15 is 0 Å². The van der Waals surface area contributed by atoms with Crippen molar-refractivity contribution in [3.8, 4) is 0 Å². The predicted octanol–water partition coefficient (Wildman–Crippen LogP) is 5.62. The lowest BCUT2D eigenvalue weighted by molar-refractivity contribution is 0.391. The molecule has 0 aliphatic carbocycles. The number of hydrogen-bond donors (Lipinski definition) is 0. The van der Waals surface area contributed by atoms with Gasteiger partial charge in [-0.1, -0.05) is 64.7 Å². The standard InChI is InChI=1S/C15H29O/c1-3-4-5-6-7-8-9-10-11-12-13-14-15-16-2/h14-15H,2-13H2,1H3. The van der Waals surface area contributed by atoms with Gasteiger partial charge < -0.3 is 4.74 Å². The van der Waals surface area contributed by atoms with Crippen LogP contribution in [-0.2, 0) is 4.74 Å². The predicted molar refractivity (Wildman–Crippen MR) is 72.0 cm³/mol. The van der Waals surface area contributed by atoms with Crippen molar-refractivity contribution in [2.45, 2.75) is 77.6 Å². The molecule has 0 amide bonds. The van der Waals surface area contributed by atoms with Gasteiger partial charge >= 0.3 is 0 Å². The molecule has 1 nitrogen and oxygen atoms in total. The molecule has 0 atom stereocenters. The van der Waals surface area contributed by atoms with Gasteiger partial charge in [0.15, 0.2) is 0 Å². The van der Waals surface area contributed by atoms with Crippen LogP contribution in [0.4, 0.5) is 0 Å². The molecule has 1 heteroatoms. The molecule has 0 heterocycles. The first kappa shape index (κ1) is 15.5. The largest absolute Gasteiger partial charge is 0.498 e. The Morgan fingerprint density at radius 3 is 1.81 bits per heavy atom. The number of allylic oxidation sites excluding steroid dienone is 1. The Morgan fingerprint density at radius 2 is 1.31 bits per heavy atom. The zero-order valence-corrected chi connectivity index (χ0v) is 11.0. The highest BCUT2D eigenvalue weighted by Crippen LogP contribution is 2.11. The van der Waals surface area contributed by atoms with E-state index in [9.17, 15) is 0 Å². The fourth-order valence-corrected chi connectivity index (χ4v) is 1.89. The first-order chi connectivity index (χ1) is 7.91. The molecule has 0 bridgehead atoms. The third-order valence-corrected chi connectivity index (χ3v) is 2.92. The van der Waals surface area contributed by atoms with E-state index in [0.29, 0.717) is 0 Å². The van der Waals surface area contributed by atoms with E-state index < -0.39 is 0 Å². The molecular formula is C15H29O. The van der Waals surface area contributed by atoms with Crippen LogP contribution in [-0.4, -0.2) is 0 Å². The van der Waals surface area contributed by atoms with Gasteiger partial charge in [-0.15, -0.1) is 0 Å². The van der Waals surface area contributed by atoms with E-state index in [1.54, 1.807) is 6.26 Å². The van der Waals surface area contributed by atoms with Crippen LogP contribution in [0.25, 0.3) is 0 Å². The molecule has 1 radical (unpaired) electrons. The zero-order valence-electron chi connectivity index (χ0n) is 11.0. The van der Waals surface area contributed by atoms with Crippen molar-refractivity contribution < 1.29 is 4.74 Å². The van der Waals surface area contributed by atoms with Gasteiger partial charge in [0.2, 0.25) is 0 Å². The summed E-state index contributed by atoms with van der Waals surface area (Å²) in [4.78, 5) is 0. The third kappa shape index (κ3) is 13.5. The first-order valence-corrected chi connectivity index (χ1v) is 6.97. The van der Waals surface area contributed by atoms with E-state index in [1.807, 2.05) is 0 Å². The molecule has 0 rings (SSSR count). The molecule has 0 saturated carbocycles. The highest BCUT2D eigenvalue weighted by molar-refractivity contribution is 4.72. The summed E-state index contributed by atoms with van der Waals surface area (Å²) in [5.41, 5.74) is 0. The van der Waals surface area contributed by atoms with Crippen molar-refractivity contribution in [3.63, 3.8) is 0 Å². The van der Waals surface area contributed by atoms with Crippen LogP contribution in [0.2, 0.25) is 0 Å². The molecule has 0 unspecified atom stereocenters. The van der Waals surface area contributed by atoms with Crippen molar-refractivity contribution in [2.24, 2.45) is 0 Å². The Morgan fingerprint density at radius 1 is 0.812 bits per heavy atom. The summed E-state index contributed by atoms with van der Waals surface area (Å²) in [6, 6.07) is 0. The second-order valence-electron chi connectivity index (χ2n) is 4.51. The molecule has 0 aromatic heterocycles. The van der Waals surface area contributed by atoms with Crippen molar-refractivity contribution in [2.75, 3.05) is 0 Å². The van der Waals surface area contributed by atoms with Gasteiger partial charge in [-0.25, -0.2) is 0 Å². The zero-order chi connectivity index (χ0) is 11.9. The lowest BCUT2D eigenvalue weighted by Gasteiger charge is -2.01. The number of rotatable bonds is 12. The first-order valence-electron chi connectivity index (χ1n) is 6.97. The second-order valence-corrected chi connectivity index (χ2v) is 4.51. The van der Waals surface area contributed by atoms with E-state index in [-0.39, 0.29) is 0 Å². The van der Waals surface area contributed by atoms with Crippen LogP contribution in [0.3, 0.4) is 0 Å². The molecule has 0 aliphatic rings. The molecule has 16 heavy (non-hydrogen) atoms. The summed E-state index contributed by atoms with van der Waals surface area (Å²) in [6.07, 6.45) is 18.8. The highest BCUT2D eigenvalue weighted by atomic mass is 16.5. The summed E-state index contributed by atoms with van der Waals surface area (Å²) in [5, 5.41) is 0. The Bertz CT molecular complexity index is 140. The van der Waals surface area contributed by atoms with Crippen LogP contribution < -0.4 is 0 Å². The smallest absolute Gasteiger partial charge is 0.121 e. The van der Waals surface area contributed by atoms with Crippen LogP contribution >= 0.6 is 0 Å². The fraction of sp³-hybridized carbons (Fsp3) is 0.800. The number of ether oxygens (including phenoxy) is 1. The Hall–Kier alpha value is -0.460. The quantitative estimate of drug-likeness (QED) is 0.309. The summed E-state index contributed by atoms with van der Waals surface area (Å²) < 4.78 is 4.60. The Balaban J connectivity index is 2.90. The Labute approximate surface area is 102 Å². The molecule has 0 aromatic rings. The minimum Gasteiger partial charge on any atom is -0.498 e. The highest BCUT2D eigenvalue weighted by Gasteiger charge is 1.91. The van der Waals surface area contributed by atoms with Crippen LogP contribution in [0.5, 0.6) is 0 Å². The van der Waals surface area contributed by atoms with E-state index in [2.05, 4.69) is 24.8 Å². The molecule has 0 aromatic carbocycles. The lowest BCUT2D eigenvalue weighted by Crippen LogP contribution is -1.81. The summed E-state index contributed by atoms with van der Waals surface area (Å²) in [7, 11) is 3.29. The van der Waals surface area contributed by atoms with E-state index in [1.165, 1.54) is 64.2 Å². The lowest BCUT2D eigenvalue weighted by atomic mass is 10.1. The fourth-order valence-electron chi connectivity index (χ4n) is 1.89. The molecule has 0 saturated heterocycles. The third-order valence-electron chi connectivity index (χ3n) is 2.92.